The predicted octanol–water partition coefficient (Wildman–Crippen LogP) is -1.61. The molecule has 1 heterocycles. The third kappa shape index (κ3) is 3.71. The Morgan fingerprint density at radius 3 is 2.00 bits per heavy atom. The monoisotopic (exact) mass is 256 g/mol. The van der Waals surface area contributed by atoms with E-state index in [-0.39, 0.29) is 24.6 Å². The summed E-state index contributed by atoms with van der Waals surface area (Å²) in [6.07, 6.45) is 1.02. The van der Waals surface area contributed by atoms with Crippen molar-refractivity contribution < 1.29 is 16.8 Å². The first kappa shape index (κ1) is 12.9. The molecule has 0 amide bonds. The maximum Gasteiger partial charge on any atom is 0.215 e. The minimum atomic E-state index is -3.45. The molecule has 0 saturated carbocycles. The molecule has 90 valence electrons. The molecule has 0 aliphatic carbocycles. The van der Waals surface area contributed by atoms with Crippen LogP contribution in [0.1, 0.15) is 6.92 Å². The summed E-state index contributed by atoms with van der Waals surface area (Å²) in [5.41, 5.74) is 5.19. The maximum atomic E-state index is 11.6. The molecule has 0 aromatic carbocycles. The van der Waals surface area contributed by atoms with Gasteiger partial charge in [-0.05, 0) is 6.92 Å². The van der Waals surface area contributed by atoms with Gasteiger partial charge in [0.2, 0.25) is 10.0 Å². The molecule has 0 radical (unpaired) electrons. The fourth-order valence-electron chi connectivity index (χ4n) is 1.34. The van der Waals surface area contributed by atoms with Crippen molar-refractivity contribution in [3.05, 3.63) is 0 Å². The van der Waals surface area contributed by atoms with E-state index < -0.39 is 25.4 Å². The number of hydrogen-bond donors (Lipinski definition) is 1. The van der Waals surface area contributed by atoms with E-state index in [0.29, 0.717) is 0 Å². The van der Waals surface area contributed by atoms with Crippen molar-refractivity contribution in [2.24, 2.45) is 5.73 Å². The molecule has 1 aliphatic heterocycles. The summed E-state index contributed by atoms with van der Waals surface area (Å²) in [4.78, 5) is 0. The lowest BCUT2D eigenvalue weighted by atomic mass is 9.97. The number of hydrogen-bond acceptors (Lipinski definition) is 5. The molecule has 2 N–H and O–H groups in total. The number of nitrogens with zero attached hydrogens (tertiary/aromatic N) is 1. The van der Waals surface area contributed by atoms with E-state index in [1.54, 1.807) is 6.92 Å². The zero-order valence-corrected chi connectivity index (χ0v) is 10.4. The van der Waals surface area contributed by atoms with Crippen LogP contribution in [0.5, 0.6) is 0 Å². The molecule has 6 nitrogen and oxygen atoms in total. The summed E-state index contributed by atoms with van der Waals surface area (Å²) in [5, 5.41) is 0. The molecule has 0 unspecified atom stereocenters. The fraction of sp³-hybridized carbons (Fsp3) is 1.00. The molecule has 1 aliphatic rings. The van der Waals surface area contributed by atoms with E-state index in [0.717, 1.165) is 6.26 Å². The van der Waals surface area contributed by atoms with Gasteiger partial charge in [0.05, 0.1) is 11.5 Å². The van der Waals surface area contributed by atoms with Crippen LogP contribution in [-0.4, -0.2) is 57.5 Å². The van der Waals surface area contributed by atoms with Crippen LogP contribution in [-0.2, 0) is 19.9 Å². The molecular weight excluding hydrogens is 240 g/mol. The fourth-order valence-corrected chi connectivity index (χ4v) is 4.64. The SMILES string of the molecule is CC1(N)CN(S(=O)(=O)CCS(C)(=O)=O)C1. The summed E-state index contributed by atoms with van der Waals surface area (Å²) in [6.45, 7) is 2.29. The molecule has 0 aromatic heterocycles. The second-order valence-corrected chi connectivity index (χ2v) is 8.72. The average Bonchev–Trinajstić information content (AvgIpc) is 1.95. The number of nitrogens with two attached hydrogens (primary N) is 1. The van der Waals surface area contributed by atoms with E-state index in [9.17, 15) is 16.8 Å². The summed E-state index contributed by atoms with van der Waals surface area (Å²) in [6, 6.07) is 0. The minimum absolute atomic E-state index is 0.263. The van der Waals surface area contributed by atoms with Gasteiger partial charge in [-0.15, -0.1) is 0 Å². The van der Waals surface area contributed by atoms with E-state index in [2.05, 4.69) is 0 Å². The first-order valence-electron chi connectivity index (χ1n) is 4.46. The van der Waals surface area contributed by atoms with Gasteiger partial charge in [-0.2, -0.15) is 4.31 Å². The highest BCUT2D eigenvalue weighted by atomic mass is 32.2. The third-order valence-electron chi connectivity index (χ3n) is 2.18. The van der Waals surface area contributed by atoms with Crippen molar-refractivity contribution in [3.63, 3.8) is 0 Å². The summed E-state index contributed by atoms with van der Waals surface area (Å²) in [5.74, 6) is -0.699. The van der Waals surface area contributed by atoms with Crippen LogP contribution in [0.4, 0.5) is 0 Å². The summed E-state index contributed by atoms with van der Waals surface area (Å²) < 4.78 is 46.0. The van der Waals surface area contributed by atoms with Crippen LogP contribution in [0.3, 0.4) is 0 Å². The van der Waals surface area contributed by atoms with Gasteiger partial charge in [-0.3, -0.25) is 0 Å². The van der Waals surface area contributed by atoms with Gasteiger partial charge in [0.25, 0.3) is 0 Å². The number of sulfone groups is 1. The van der Waals surface area contributed by atoms with Gasteiger partial charge in [-0.1, -0.05) is 0 Å². The van der Waals surface area contributed by atoms with Crippen LogP contribution < -0.4 is 5.73 Å². The van der Waals surface area contributed by atoms with E-state index in [4.69, 9.17) is 5.73 Å². The highest BCUT2D eigenvalue weighted by Crippen LogP contribution is 2.21. The topological polar surface area (TPSA) is 97.5 Å². The van der Waals surface area contributed by atoms with Crippen molar-refractivity contribution in [3.8, 4) is 0 Å². The first-order valence-corrected chi connectivity index (χ1v) is 8.13. The van der Waals surface area contributed by atoms with Gasteiger partial charge < -0.3 is 5.73 Å². The average molecular weight is 256 g/mol. The Morgan fingerprint density at radius 1 is 1.20 bits per heavy atom. The lowest BCUT2D eigenvalue weighted by Gasteiger charge is -2.44. The molecule has 8 heteroatoms. The lowest BCUT2D eigenvalue weighted by Crippen LogP contribution is -2.67. The van der Waals surface area contributed by atoms with Crippen LogP contribution in [0, 0.1) is 0 Å². The molecule has 1 fully saturated rings. The normalized spacial score (nSPS) is 22.3. The van der Waals surface area contributed by atoms with E-state index in [1.165, 1.54) is 4.31 Å². The van der Waals surface area contributed by atoms with Gasteiger partial charge in [0.15, 0.2) is 0 Å². The smallest absolute Gasteiger partial charge is 0.215 e. The molecule has 0 aromatic rings. The second-order valence-electron chi connectivity index (χ2n) is 4.37. The van der Waals surface area contributed by atoms with Gasteiger partial charge >= 0.3 is 0 Å². The minimum Gasteiger partial charge on any atom is -0.323 e. The Bertz CT molecular complexity index is 430. The van der Waals surface area contributed by atoms with Crippen molar-refractivity contribution in [1.82, 2.24) is 4.31 Å². The summed E-state index contributed by atoms with van der Waals surface area (Å²) in [7, 11) is -6.69. The zero-order valence-electron chi connectivity index (χ0n) is 8.80. The van der Waals surface area contributed by atoms with E-state index in [1.807, 2.05) is 0 Å². The Labute approximate surface area is 90.4 Å². The van der Waals surface area contributed by atoms with Gasteiger partial charge in [0, 0.05) is 24.9 Å². The van der Waals surface area contributed by atoms with Crippen LogP contribution in [0.25, 0.3) is 0 Å². The van der Waals surface area contributed by atoms with Crippen LogP contribution in [0.2, 0.25) is 0 Å². The Hall–Kier alpha value is -0.180. The number of sulfonamides is 1. The van der Waals surface area contributed by atoms with Crippen LogP contribution >= 0.6 is 0 Å². The Balaban J connectivity index is 2.56. The molecular formula is C7H16N2O4S2. The molecule has 0 atom stereocenters. The molecule has 1 rings (SSSR count). The summed E-state index contributed by atoms with van der Waals surface area (Å²) >= 11 is 0. The van der Waals surface area contributed by atoms with Gasteiger partial charge in [0.1, 0.15) is 9.84 Å². The lowest BCUT2D eigenvalue weighted by molar-refractivity contribution is 0.176. The predicted molar refractivity (Wildman–Crippen MR) is 57.7 cm³/mol. The Morgan fingerprint density at radius 2 is 1.67 bits per heavy atom. The quantitative estimate of drug-likeness (QED) is 0.653. The first-order chi connectivity index (χ1) is 6.52. The van der Waals surface area contributed by atoms with Crippen LogP contribution in [0.15, 0.2) is 0 Å². The van der Waals surface area contributed by atoms with Crippen molar-refractivity contribution >= 4 is 19.9 Å². The zero-order chi connectivity index (χ0) is 11.9. The highest BCUT2D eigenvalue weighted by molar-refractivity contribution is 7.93. The third-order valence-corrected chi connectivity index (χ3v) is 5.15. The Kier molecular flexibility index (Phi) is 3.17. The molecule has 0 bridgehead atoms. The molecule has 15 heavy (non-hydrogen) atoms. The van der Waals surface area contributed by atoms with Crippen molar-refractivity contribution in [1.29, 1.82) is 0 Å². The molecule has 0 spiro atoms. The highest BCUT2D eigenvalue weighted by Gasteiger charge is 2.41. The van der Waals surface area contributed by atoms with Crippen molar-refractivity contribution in [2.45, 2.75) is 12.5 Å². The largest absolute Gasteiger partial charge is 0.323 e. The van der Waals surface area contributed by atoms with Crippen molar-refractivity contribution in [2.75, 3.05) is 30.9 Å². The van der Waals surface area contributed by atoms with E-state index >= 15 is 0 Å². The standard InChI is InChI=1S/C7H16N2O4S2/c1-7(8)5-9(6-7)15(12,13)4-3-14(2,10)11/h3-6,8H2,1-2H3. The molecule has 1 saturated heterocycles. The number of rotatable bonds is 4. The second kappa shape index (κ2) is 3.69. The van der Waals surface area contributed by atoms with Gasteiger partial charge in [-0.25, -0.2) is 16.8 Å². The maximum absolute atomic E-state index is 11.6.